The van der Waals surface area contributed by atoms with Gasteiger partial charge in [-0.25, -0.2) is 4.79 Å². The molecule has 7 heteroatoms. The van der Waals surface area contributed by atoms with E-state index in [4.69, 9.17) is 9.47 Å². The lowest BCUT2D eigenvalue weighted by molar-refractivity contribution is -0.132. The van der Waals surface area contributed by atoms with E-state index in [1.54, 1.807) is 25.8 Å². The van der Waals surface area contributed by atoms with E-state index in [0.29, 0.717) is 0 Å². The van der Waals surface area contributed by atoms with Crippen LogP contribution < -0.4 is 10.1 Å². The van der Waals surface area contributed by atoms with Crippen LogP contribution in [0.3, 0.4) is 0 Å². The van der Waals surface area contributed by atoms with Crippen LogP contribution in [-0.4, -0.2) is 49.5 Å². The van der Waals surface area contributed by atoms with Crippen molar-refractivity contribution in [2.24, 2.45) is 0 Å². The molecule has 0 radical (unpaired) electrons. The summed E-state index contributed by atoms with van der Waals surface area (Å²) in [6.45, 7) is 2.01. The van der Waals surface area contributed by atoms with Crippen molar-refractivity contribution < 1.29 is 19.1 Å². The fourth-order valence-corrected chi connectivity index (χ4v) is 2.99. The molecule has 1 atom stereocenters. The molecule has 3 amide bonds. The molecule has 0 spiro atoms. The predicted octanol–water partition coefficient (Wildman–Crippen LogP) is 1.87. The number of rotatable bonds is 6. The molecule has 1 aromatic rings. The smallest absolute Gasteiger partial charge is 0.325 e. The third-order valence-corrected chi connectivity index (χ3v) is 4.34. The van der Waals surface area contributed by atoms with E-state index in [1.165, 1.54) is 12.0 Å². The third kappa shape index (κ3) is 3.05. The number of hydrogen-bond donors (Lipinski definition) is 1. The molecule has 1 N–H and O–H groups in total. The highest BCUT2D eigenvalue weighted by molar-refractivity contribution is 7.98. The quantitative estimate of drug-likeness (QED) is 0.639. The maximum atomic E-state index is 12.4. The Hall–Kier alpha value is -1.73. The van der Waals surface area contributed by atoms with E-state index in [1.807, 2.05) is 24.5 Å². The van der Waals surface area contributed by atoms with E-state index in [2.05, 4.69) is 5.32 Å². The number of carbonyl (C=O) groups is 2. The van der Waals surface area contributed by atoms with Crippen LogP contribution in [0.15, 0.2) is 23.1 Å². The Morgan fingerprint density at radius 2 is 2.05 bits per heavy atom. The highest BCUT2D eigenvalue weighted by Gasteiger charge is 2.47. The van der Waals surface area contributed by atoms with Crippen molar-refractivity contribution in [2.75, 3.05) is 27.1 Å². The molecular weight excluding hydrogens is 304 g/mol. The van der Waals surface area contributed by atoms with E-state index in [0.717, 1.165) is 16.2 Å². The van der Waals surface area contributed by atoms with E-state index < -0.39 is 11.6 Å². The van der Waals surface area contributed by atoms with Gasteiger partial charge in [0, 0.05) is 12.0 Å². The number of methoxy groups -OCH3 is 2. The minimum absolute atomic E-state index is 0.142. The number of urea groups is 1. The number of carbonyl (C=O) groups excluding carboxylic acids is 2. The zero-order valence-corrected chi connectivity index (χ0v) is 14.0. The van der Waals surface area contributed by atoms with Crippen LogP contribution in [0.1, 0.15) is 12.5 Å². The Labute approximate surface area is 134 Å². The maximum absolute atomic E-state index is 12.4. The summed E-state index contributed by atoms with van der Waals surface area (Å²) < 4.78 is 10.4. The second-order valence-corrected chi connectivity index (χ2v) is 6.12. The molecule has 22 heavy (non-hydrogen) atoms. The van der Waals surface area contributed by atoms with Gasteiger partial charge < -0.3 is 14.8 Å². The first-order chi connectivity index (χ1) is 10.4. The molecule has 1 saturated heterocycles. The van der Waals surface area contributed by atoms with Crippen molar-refractivity contribution in [2.45, 2.75) is 23.9 Å². The number of nitrogens with zero attached hydrogens (tertiary/aromatic N) is 1. The van der Waals surface area contributed by atoms with Crippen LogP contribution in [0, 0.1) is 0 Å². The van der Waals surface area contributed by atoms with Crippen molar-refractivity contribution in [3.63, 3.8) is 0 Å². The van der Waals surface area contributed by atoms with Gasteiger partial charge in [0.15, 0.2) is 0 Å². The molecule has 120 valence electrons. The molecule has 1 aliphatic heterocycles. The summed E-state index contributed by atoms with van der Waals surface area (Å²) >= 11 is 1.58. The van der Waals surface area contributed by atoms with E-state index in [9.17, 15) is 9.59 Å². The molecule has 1 aromatic carbocycles. The Balaban J connectivity index is 2.20. The number of ether oxygens (including phenoxy) is 2. The monoisotopic (exact) mass is 324 g/mol. The summed E-state index contributed by atoms with van der Waals surface area (Å²) in [4.78, 5) is 26.7. The fraction of sp³-hybridized carbons (Fsp3) is 0.467. The minimum atomic E-state index is -1.00. The van der Waals surface area contributed by atoms with Crippen LogP contribution in [0.5, 0.6) is 5.75 Å². The number of hydrogen-bond acceptors (Lipinski definition) is 5. The van der Waals surface area contributed by atoms with Gasteiger partial charge in [0.25, 0.3) is 5.91 Å². The van der Waals surface area contributed by atoms with Gasteiger partial charge in [-0.05, 0) is 30.9 Å². The molecule has 0 bridgehead atoms. The fourth-order valence-electron chi connectivity index (χ4n) is 2.44. The number of nitrogens with one attached hydrogen (secondary N) is 1. The zero-order valence-electron chi connectivity index (χ0n) is 13.1. The van der Waals surface area contributed by atoms with Crippen LogP contribution in [0.25, 0.3) is 0 Å². The number of imide groups is 1. The normalized spacial score (nSPS) is 21.2. The second kappa shape index (κ2) is 6.58. The molecule has 1 heterocycles. The Kier molecular flexibility index (Phi) is 4.97. The molecule has 1 aliphatic rings. The van der Waals surface area contributed by atoms with Gasteiger partial charge >= 0.3 is 6.03 Å². The maximum Gasteiger partial charge on any atom is 0.325 e. The average Bonchev–Trinajstić information content (AvgIpc) is 2.71. The Bertz CT molecular complexity index is 593. The Morgan fingerprint density at radius 1 is 1.32 bits per heavy atom. The molecule has 0 aromatic heterocycles. The molecule has 0 saturated carbocycles. The van der Waals surface area contributed by atoms with Crippen LogP contribution in [0.4, 0.5) is 4.79 Å². The zero-order chi connectivity index (χ0) is 16.3. The largest absolute Gasteiger partial charge is 0.496 e. The molecular formula is C15H20N2O4S. The minimum Gasteiger partial charge on any atom is -0.496 e. The van der Waals surface area contributed by atoms with Crippen molar-refractivity contribution in [3.05, 3.63) is 23.8 Å². The average molecular weight is 324 g/mol. The highest BCUT2D eigenvalue weighted by atomic mass is 32.2. The van der Waals surface area contributed by atoms with Gasteiger partial charge in [-0.2, -0.15) is 0 Å². The highest BCUT2D eigenvalue weighted by Crippen LogP contribution is 2.29. The number of benzene rings is 1. The SMILES string of the molecule is COC[C@]1(C)NC(=O)N(Cc2ccc(SC)c(OC)c2)C1=O. The van der Waals surface area contributed by atoms with E-state index >= 15 is 0 Å². The molecule has 2 rings (SSSR count). The van der Waals surface area contributed by atoms with Gasteiger partial charge in [-0.1, -0.05) is 6.07 Å². The van der Waals surface area contributed by atoms with Gasteiger partial charge in [-0.3, -0.25) is 9.69 Å². The van der Waals surface area contributed by atoms with Crippen molar-refractivity contribution in [1.29, 1.82) is 0 Å². The first kappa shape index (κ1) is 16.6. The molecule has 6 nitrogen and oxygen atoms in total. The van der Waals surface area contributed by atoms with Crippen molar-refractivity contribution in [1.82, 2.24) is 10.2 Å². The van der Waals surface area contributed by atoms with Gasteiger partial charge in [-0.15, -0.1) is 11.8 Å². The van der Waals surface area contributed by atoms with Gasteiger partial charge in [0.05, 0.1) is 20.3 Å². The van der Waals surface area contributed by atoms with Crippen molar-refractivity contribution in [3.8, 4) is 5.75 Å². The third-order valence-electron chi connectivity index (χ3n) is 3.57. The molecule has 0 aliphatic carbocycles. The first-order valence-electron chi connectivity index (χ1n) is 6.79. The summed E-state index contributed by atoms with van der Waals surface area (Å²) in [6.07, 6.45) is 1.96. The second-order valence-electron chi connectivity index (χ2n) is 5.28. The van der Waals surface area contributed by atoms with Crippen LogP contribution in [0.2, 0.25) is 0 Å². The summed E-state index contributed by atoms with van der Waals surface area (Å²) in [7, 11) is 3.10. The molecule has 1 fully saturated rings. The van der Waals surface area contributed by atoms with Crippen molar-refractivity contribution >= 4 is 23.7 Å². The lowest BCUT2D eigenvalue weighted by atomic mass is 10.0. The molecule has 0 unspecified atom stereocenters. The lowest BCUT2D eigenvalue weighted by Gasteiger charge is -2.20. The summed E-state index contributed by atoms with van der Waals surface area (Å²) in [6, 6.07) is 5.25. The van der Waals surface area contributed by atoms with Gasteiger partial charge in [0.1, 0.15) is 11.3 Å². The Morgan fingerprint density at radius 3 is 2.64 bits per heavy atom. The van der Waals surface area contributed by atoms with Gasteiger partial charge in [0.2, 0.25) is 0 Å². The van der Waals surface area contributed by atoms with E-state index in [-0.39, 0.29) is 19.1 Å². The summed E-state index contributed by atoms with van der Waals surface area (Å²) in [5.74, 6) is 0.448. The topological polar surface area (TPSA) is 67.9 Å². The summed E-state index contributed by atoms with van der Waals surface area (Å²) in [5, 5.41) is 2.68. The van der Waals surface area contributed by atoms with Crippen LogP contribution in [-0.2, 0) is 16.1 Å². The number of thioether (sulfide) groups is 1. The predicted molar refractivity (Wildman–Crippen MR) is 84.1 cm³/mol. The number of amides is 3. The first-order valence-corrected chi connectivity index (χ1v) is 8.01. The van der Waals surface area contributed by atoms with Crippen LogP contribution >= 0.6 is 11.8 Å². The standard InChI is InChI=1S/C15H20N2O4S/c1-15(9-20-2)13(18)17(14(19)16-15)8-10-5-6-12(22-4)11(7-10)21-3/h5-7H,8-9H2,1-4H3,(H,16,19)/t15-/m0/s1. The summed E-state index contributed by atoms with van der Waals surface area (Å²) in [5.41, 5.74) is -0.172. The lowest BCUT2D eigenvalue weighted by Crippen LogP contribution is -2.47.